The van der Waals surface area contributed by atoms with Gasteiger partial charge in [-0.25, -0.2) is 9.78 Å². The van der Waals surface area contributed by atoms with Crippen molar-refractivity contribution in [3.8, 4) is 11.1 Å². The highest BCUT2D eigenvalue weighted by Crippen LogP contribution is 2.36. The summed E-state index contributed by atoms with van der Waals surface area (Å²) in [6.07, 6.45) is 4.08. The maximum Gasteiger partial charge on any atom is 0.410 e. The van der Waals surface area contributed by atoms with Gasteiger partial charge in [-0.05, 0) is 93.5 Å². The summed E-state index contributed by atoms with van der Waals surface area (Å²) >= 11 is 0. The number of fused-ring (bicyclic) bond motifs is 1. The van der Waals surface area contributed by atoms with Crippen LogP contribution in [-0.2, 0) is 24.1 Å². The molecule has 2 aliphatic rings. The van der Waals surface area contributed by atoms with Crippen LogP contribution >= 0.6 is 0 Å². The third kappa shape index (κ3) is 8.15. The van der Waals surface area contributed by atoms with E-state index in [0.29, 0.717) is 43.2 Å². The molecule has 0 radical (unpaired) electrons. The van der Waals surface area contributed by atoms with Crippen molar-refractivity contribution in [3.05, 3.63) is 74.8 Å². The zero-order valence-electron chi connectivity index (χ0n) is 29.0. The second-order valence-corrected chi connectivity index (χ2v) is 14.2. The summed E-state index contributed by atoms with van der Waals surface area (Å²) in [6, 6.07) is 10.2. The number of nitrogens with zero attached hydrogens (tertiary/aromatic N) is 4. The molecule has 0 saturated carbocycles. The van der Waals surface area contributed by atoms with Crippen molar-refractivity contribution in [2.45, 2.75) is 79.9 Å². The first-order valence-electron chi connectivity index (χ1n) is 16.9. The van der Waals surface area contributed by atoms with E-state index < -0.39 is 5.60 Å². The molecule has 1 saturated heterocycles. The summed E-state index contributed by atoms with van der Waals surface area (Å²) < 4.78 is 5.54. The molecule has 2 N–H and O–H groups in total. The van der Waals surface area contributed by atoms with E-state index in [1.54, 1.807) is 4.90 Å². The van der Waals surface area contributed by atoms with Gasteiger partial charge in [0.05, 0.1) is 0 Å². The fraction of sp³-hybridized carbons (Fsp3) is 0.514. The first-order valence-corrected chi connectivity index (χ1v) is 16.9. The van der Waals surface area contributed by atoms with E-state index in [9.17, 15) is 14.4 Å². The number of aromatic nitrogens is 2. The largest absolute Gasteiger partial charge is 0.444 e. The summed E-state index contributed by atoms with van der Waals surface area (Å²) in [5.41, 5.74) is 6.39. The van der Waals surface area contributed by atoms with Crippen molar-refractivity contribution in [1.29, 1.82) is 0 Å². The maximum absolute atomic E-state index is 13.8. The highest BCUT2D eigenvalue weighted by Gasteiger charge is 2.28. The number of carbonyl (C=O) groups is 2. The van der Waals surface area contributed by atoms with E-state index in [1.807, 2.05) is 52.1 Å². The number of amides is 2. The molecule has 1 fully saturated rings. The lowest BCUT2D eigenvalue weighted by Crippen LogP contribution is -2.50. The highest BCUT2D eigenvalue weighted by atomic mass is 16.6. The number of ether oxygens (including phenoxy) is 1. The number of carbonyl (C=O) groups excluding carboxylic acids is 2. The van der Waals surface area contributed by atoms with Crippen molar-refractivity contribution < 1.29 is 14.3 Å². The Labute approximate surface area is 278 Å². The molecule has 3 aromatic rings. The van der Waals surface area contributed by atoms with Crippen LogP contribution in [0.15, 0.2) is 41.3 Å². The quantitative estimate of drug-likeness (QED) is 0.308. The Hall–Kier alpha value is -4.34. The Morgan fingerprint density at radius 1 is 1.04 bits per heavy atom. The van der Waals surface area contributed by atoms with E-state index in [2.05, 4.69) is 53.0 Å². The number of rotatable bonds is 9. The second kappa shape index (κ2) is 14.2. The van der Waals surface area contributed by atoms with Crippen LogP contribution in [0.25, 0.3) is 11.1 Å². The molecule has 2 aromatic heterocycles. The lowest BCUT2D eigenvalue weighted by atomic mass is 9.97. The molecular formula is C37H50N6O4. The molecule has 0 aliphatic carbocycles. The topological polar surface area (TPSA) is 111 Å². The molecule has 5 rings (SSSR count). The third-order valence-corrected chi connectivity index (χ3v) is 8.67. The van der Waals surface area contributed by atoms with Crippen LogP contribution in [0.3, 0.4) is 0 Å². The molecule has 0 spiro atoms. The molecule has 0 bridgehead atoms. The predicted molar refractivity (Wildman–Crippen MR) is 187 cm³/mol. The number of pyridine rings is 2. The van der Waals surface area contributed by atoms with Gasteiger partial charge in [-0.1, -0.05) is 27.2 Å². The first-order chi connectivity index (χ1) is 22.3. The number of benzene rings is 1. The van der Waals surface area contributed by atoms with Gasteiger partial charge in [-0.2, -0.15) is 0 Å². The van der Waals surface area contributed by atoms with Crippen LogP contribution in [0.1, 0.15) is 80.7 Å². The summed E-state index contributed by atoms with van der Waals surface area (Å²) in [5.74, 6) is 1.15. The standard InChI is InChI=1S/C37H50N6O4/c1-8-9-26-18-25(4)40-35(45)31(26)22-39-34(44)30-19-28(20-32-29(30)12-13-43(32)23-24(2)3)27-10-11-33(38-21-27)41-14-16-42(17-15-41)36(46)47-37(5,6)7/h10-11,18-21,24H,8-9,12-17,22-23H2,1-7H3,(H,39,44)(H,40,45). The number of aryl methyl sites for hydroxylation is 2. The van der Waals surface area contributed by atoms with Crippen molar-refractivity contribution in [2.24, 2.45) is 5.92 Å². The van der Waals surface area contributed by atoms with Gasteiger partial charge >= 0.3 is 6.09 Å². The molecule has 10 nitrogen and oxygen atoms in total. The van der Waals surface area contributed by atoms with E-state index in [1.165, 1.54) is 0 Å². The van der Waals surface area contributed by atoms with Crippen LogP contribution in [0.5, 0.6) is 0 Å². The number of hydrogen-bond acceptors (Lipinski definition) is 7. The Morgan fingerprint density at radius 2 is 1.79 bits per heavy atom. The summed E-state index contributed by atoms with van der Waals surface area (Å²) in [6.45, 7) is 18.4. The van der Waals surface area contributed by atoms with Crippen molar-refractivity contribution in [1.82, 2.24) is 20.2 Å². The summed E-state index contributed by atoms with van der Waals surface area (Å²) in [5, 5.41) is 3.08. The fourth-order valence-corrected chi connectivity index (χ4v) is 6.49. The van der Waals surface area contributed by atoms with Crippen LogP contribution in [0.2, 0.25) is 0 Å². The molecule has 47 heavy (non-hydrogen) atoms. The predicted octanol–water partition coefficient (Wildman–Crippen LogP) is 5.70. The fourth-order valence-electron chi connectivity index (χ4n) is 6.49. The van der Waals surface area contributed by atoms with Crippen molar-refractivity contribution in [2.75, 3.05) is 49.1 Å². The molecule has 2 amide bonds. The smallest absolute Gasteiger partial charge is 0.410 e. The van der Waals surface area contributed by atoms with Crippen LogP contribution in [-0.4, -0.2) is 71.7 Å². The Bertz CT molecular complexity index is 1650. The van der Waals surface area contributed by atoms with Gasteiger partial charge < -0.3 is 29.7 Å². The minimum Gasteiger partial charge on any atom is -0.444 e. The average Bonchev–Trinajstić information content (AvgIpc) is 3.41. The highest BCUT2D eigenvalue weighted by molar-refractivity contribution is 5.99. The molecule has 2 aliphatic heterocycles. The van der Waals surface area contributed by atoms with Crippen LogP contribution in [0, 0.1) is 12.8 Å². The zero-order chi connectivity index (χ0) is 33.9. The van der Waals surface area contributed by atoms with Gasteiger partial charge in [0.15, 0.2) is 0 Å². The molecule has 4 heterocycles. The van der Waals surface area contributed by atoms with E-state index >= 15 is 0 Å². The number of hydrogen-bond donors (Lipinski definition) is 2. The minimum atomic E-state index is -0.520. The summed E-state index contributed by atoms with van der Waals surface area (Å²) in [7, 11) is 0. The summed E-state index contributed by atoms with van der Waals surface area (Å²) in [4.78, 5) is 53.2. The van der Waals surface area contributed by atoms with E-state index in [0.717, 1.165) is 71.8 Å². The number of aromatic amines is 1. The Balaban J connectivity index is 1.37. The molecule has 1 aromatic carbocycles. The Morgan fingerprint density at radius 3 is 2.43 bits per heavy atom. The Kier molecular flexibility index (Phi) is 10.3. The molecule has 252 valence electrons. The first kappa shape index (κ1) is 34.0. The second-order valence-electron chi connectivity index (χ2n) is 14.2. The average molecular weight is 643 g/mol. The van der Waals surface area contributed by atoms with E-state index in [4.69, 9.17) is 9.72 Å². The minimum absolute atomic E-state index is 0.145. The number of H-pyrrole nitrogens is 1. The van der Waals surface area contributed by atoms with Gasteiger partial charge in [0.25, 0.3) is 11.5 Å². The number of nitrogens with one attached hydrogen (secondary N) is 2. The van der Waals surface area contributed by atoms with Crippen LogP contribution < -0.4 is 20.7 Å². The lowest BCUT2D eigenvalue weighted by molar-refractivity contribution is 0.0240. The SMILES string of the molecule is CCCc1cc(C)[nH]c(=O)c1CNC(=O)c1cc(-c2ccc(N3CCN(C(=O)OC(C)(C)C)CC3)nc2)cc2c1CCN2CC(C)C. The number of piperazine rings is 1. The molecule has 10 heteroatoms. The molecule has 0 atom stereocenters. The maximum atomic E-state index is 13.8. The molecular weight excluding hydrogens is 592 g/mol. The lowest BCUT2D eigenvalue weighted by Gasteiger charge is -2.36. The van der Waals surface area contributed by atoms with Gasteiger partial charge in [0.1, 0.15) is 11.4 Å². The van der Waals surface area contributed by atoms with Gasteiger partial charge in [-0.15, -0.1) is 0 Å². The number of anilines is 2. The van der Waals surface area contributed by atoms with Crippen molar-refractivity contribution >= 4 is 23.5 Å². The van der Waals surface area contributed by atoms with E-state index in [-0.39, 0.29) is 24.1 Å². The van der Waals surface area contributed by atoms with Crippen LogP contribution in [0.4, 0.5) is 16.3 Å². The monoisotopic (exact) mass is 642 g/mol. The normalized spacial score (nSPS) is 14.9. The van der Waals surface area contributed by atoms with Gasteiger partial charge in [0, 0.05) is 80.1 Å². The van der Waals surface area contributed by atoms with Crippen molar-refractivity contribution in [3.63, 3.8) is 0 Å². The van der Waals surface area contributed by atoms with Gasteiger partial charge in [0.2, 0.25) is 0 Å². The third-order valence-electron chi connectivity index (χ3n) is 8.67. The van der Waals surface area contributed by atoms with Gasteiger partial charge in [-0.3, -0.25) is 9.59 Å². The zero-order valence-corrected chi connectivity index (χ0v) is 29.0. The molecule has 0 unspecified atom stereocenters.